The molecular weight excluding hydrogens is 406 g/mol. The van der Waals surface area contributed by atoms with E-state index >= 15 is 0 Å². The van der Waals surface area contributed by atoms with E-state index < -0.39 is 5.92 Å². The van der Waals surface area contributed by atoms with Crippen molar-refractivity contribution >= 4 is 33.1 Å². The topological polar surface area (TPSA) is 53.9 Å². The van der Waals surface area contributed by atoms with Gasteiger partial charge in [0.2, 0.25) is 0 Å². The summed E-state index contributed by atoms with van der Waals surface area (Å²) < 4.78 is 28.7. The SMILES string of the molecule is CCn1c(=O)c2c(C)[nH]nc2c2cc(-c3ccc(CN4CCC(F)(F)C4)s3)ccc21. The highest BCUT2D eigenvalue weighted by Crippen LogP contribution is 2.34. The zero-order valence-electron chi connectivity index (χ0n) is 16.8. The van der Waals surface area contributed by atoms with Gasteiger partial charge in [0.25, 0.3) is 11.5 Å². The molecule has 1 saturated heterocycles. The van der Waals surface area contributed by atoms with Gasteiger partial charge in [-0.2, -0.15) is 5.10 Å². The molecule has 0 aliphatic carbocycles. The van der Waals surface area contributed by atoms with Crippen LogP contribution in [0.3, 0.4) is 0 Å². The molecular formula is C22H22F2N4OS. The van der Waals surface area contributed by atoms with Crippen molar-refractivity contribution in [2.24, 2.45) is 0 Å². The van der Waals surface area contributed by atoms with E-state index in [1.54, 1.807) is 15.9 Å². The average molecular weight is 429 g/mol. The molecule has 0 amide bonds. The number of rotatable bonds is 4. The minimum absolute atomic E-state index is 0.0279. The van der Waals surface area contributed by atoms with E-state index in [0.717, 1.165) is 31.9 Å². The second-order valence-corrected chi connectivity index (χ2v) is 9.10. The number of fused-ring (bicyclic) bond motifs is 3. The highest BCUT2D eigenvalue weighted by molar-refractivity contribution is 7.15. The van der Waals surface area contributed by atoms with Crippen molar-refractivity contribution in [3.8, 4) is 10.4 Å². The standard InChI is InChI=1S/C22H22F2N4OS/c1-3-28-17-6-4-14(10-16(17)20-19(21(28)29)13(2)25-26-20)18-7-5-15(30-18)11-27-9-8-22(23,24)12-27/h4-7,10H,3,8-9,11-12H2,1-2H3,(H,25,26). The minimum atomic E-state index is -2.57. The summed E-state index contributed by atoms with van der Waals surface area (Å²) in [6.45, 7) is 5.22. The summed E-state index contributed by atoms with van der Waals surface area (Å²) >= 11 is 1.62. The van der Waals surface area contributed by atoms with Gasteiger partial charge >= 0.3 is 0 Å². The summed E-state index contributed by atoms with van der Waals surface area (Å²) in [5.74, 6) is -2.57. The van der Waals surface area contributed by atoms with Crippen LogP contribution in [0.4, 0.5) is 8.78 Å². The van der Waals surface area contributed by atoms with Gasteiger partial charge in [-0.1, -0.05) is 6.07 Å². The first-order chi connectivity index (χ1) is 14.4. The Morgan fingerprint density at radius 3 is 2.83 bits per heavy atom. The molecule has 0 spiro atoms. The van der Waals surface area contributed by atoms with Crippen LogP contribution >= 0.6 is 11.3 Å². The maximum atomic E-state index is 13.5. The van der Waals surface area contributed by atoms with Crippen LogP contribution in [0, 0.1) is 6.92 Å². The zero-order chi connectivity index (χ0) is 21.0. The van der Waals surface area contributed by atoms with Gasteiger partial charge in [-0.25, -0.2) is 8.78 Å². The lowest BCUT2D eigenvalue weighted by Gasteiger charge is -2.14. The van der Waals surface area contributed by atoms with Crippen LogP contribution in [0.15, 0.2) is 35.1 Å². The number of nitrogens with one attached hydrogen (secondary N) is 1. The van der Waals surface area contributed by atoms with E-state index in [4.69, 9.17) is 0 Å². The molecule has 0 saturated carbocycles. The molecule has 5 nitrogen and oxygen atoms in total. The van der Waals surface area contributed by atoms with Gasteiger partial charge < -0.3 is 4.57 Å². The Morgan fingerprint density at radius 2 is 2.10 bits per heavy atom. The molecule has 1 aliphatic rings. The second-order valence-electron chi connectivity index (χ2n) is 7.94. The normalized spacial score (nSPS) is 16.8. The van der Waals surface area contributed by atoms with Gasteiger partial charge in [0.15, 0.2) is 0 Å². The predicted molar refractivity (Wildman–Crippen MR) is 116 cm³/mol. The lowest BCUT2D eigenvalue weighted by molar-refractivity contribution is 0.0116. The van der Waals surface area contributed by atoms with Crippen LogP contribution in [-0.4, -0.2) is 38.7 Å². The zero-order valence-corrected chi connectivity index (χ0v) is 17.7. The van der Waals surface area contributed by atoms with E-state index in [2.05, 4.69) is 16.3 Å². The number of halogens is 2. The lowest BCUT2D eigenvalue weighted by Crippen LogP contribution is -2.24. The van der Waals surface area contributed by atoms with Crippen LogP contribution < -0.4 is 5.56 Å². The van der Waals surface area contributed by atoms with Crippen molar-refractivity contribution in [3.63, 3.8) is 0 Å². The predicted octanol–water partition coefficient (Wildman–Crippen LogP) is 4.78. The largest absolute Gasteiger partial charge is 0.308 e. The molecule has 30 heavy (non-hydrogen) atoms. The lowest BCUT2D eigenvalue weighted by atomic mass is 10.1. The number of H-pyrrole nitrogens is 1. The summed E-state index contributed by atoms with van der Waals surface area (Å²) in [5.41, 5.74) is 3.33. The first kappa shape index (κ1) is 19.4. The average Bonchev–Trinajstić information content (AvgIpc) is 3.41. The Morgan fingerprint density at radius 1 is 1.27 bits per heavy atom. The van der Waals surface area contributed by atoms with E-state index in [9.17, 15) is 13.6 Å². The van der Waals surface area contributed by atoms with Crippen molar-refractivity contribution in [2.75, 3.05) is 13.1 Å². The fourth-order valence-corrected chi connectivity index (χ4v) is 5.39. The number of aromatic amines is 1. The Balaban J connectivity index is 1.55. The van der Waals surface area contributed by atoms with Crippen LogP contribution in [0.2, 0.25) is 0 Å². The quantitative estimate of drug-likeness (QED) is 0.509. The van der Waals surface area contributed by atoms with Gasteiger partial charge in [-0.05, 0) is 43.7 Å². The van der Waals surface area contributed by atoms with E-state index in [1.807, 2.05) is 43.0 Å². The van der Waals surface area contributed by atoms with Gasteiger partial charge in [0.05, 0.1) is 17.4 Å². The molecule has 156 valence electrons. The molecule has 0 bridgehead atoms. The molecule has 8 heteroatoms. The summed E-state index contributed by atoms with van der Waals surface area (Å²) in [4.78, 5) is 16.8. The molecule has 1 fully saturated rings. The van der Waals surface area contributed by atoms with Crippen LogP contribution in [-0.2, 0) is 13.1 Å². The monoisotopic (exact) mass is 428 g/mol. The summed E-state index contributed by atoms with van der Waals surface area (Å²) in [5, 5.41) is 8.90. The van der Waals surface area contributed by atoms with E-state index in [1.165, 1.54) is 0 Å². The van der Waals surface area contributed by atoms with Crippen molar-refractivity contribution in [1.82, 2.24) is 19.7 Å². The first-order valence-electron chi connectivity index (χ1n) is 10.1. The van der Waals surface area contributed by atoms with E-state index in [-0.39, 0.29) is 18.5 Å². The Hall–Kier alpha value is -2.58. The number of pyridine rings is 1. The number of hydrogen-bond acceptors (Lipinski definition) is 4. The Labute approximate surface area is 175 Å². The second kappa shape index (κ2) is 6.99. The van der Waals surface area contributed by atoms with Crippen LogP contribution in [0.1, 0.15) is 23.9 Å². The van der Waals surface area contributed by atoms with Gasteiger partial charge in [-0.15, -0.1) is 11.3 Å². The summed E-state index contributed by atoms with van der Waals surface area (Å²) in [7, 11) is 0. The highest BCUT2D eigenvalue weighted by Gasteiger charge is 2.38. The molecule has 1 aromatic carbocycles. The molecule has 4 heterocycles. The maximum Gasteiger partial charge on any atom is 0.262 e. The number of benzene rings is 1. The first-order valence-corrected chi connectivity index (χ1v) is 10.9. The molecule has 5 rings (SSSR count). The number of hydrogen-bond donors (Lipinski definition) is 1. The fraction of sp³-hybridized carbons (Fsp3) is 0.364. The third-order valence-corrected chi connectivity index (χ3v) is 6.96. The van der Waals surface area contributed by atoms with Gasteiger partial charge in [0, 0.05) is 46.9 Å². The van der Waals surface area contributed by atoms with Crippen LogP contribution in [0.5, 0.6) is 0 Å². The molecule has 0 unspecified atom stereocenters. The van der Waals surface area contributed by atoms with Crippen LogP contribution in [0.25, 0.3) is 32.2 Å². The molecule has 1 aliphatic heterocycles. The van der Waals surface area contributed by atoms with E-state index in [0.29, 0.717) is 30.5 Å². The fourth-order valence-electron chi connectivity index (χ4n) is 4.34. The Bertz CT molecular complexity index is 1320. The minimum Gasteiger partial charge on any atom is -0.308 e. The summed E-state index contributed by atoms with van der Waals surface area (Å²) in [6, 6.07) is 10.1. The number of aryl methyl sites for hydroxylation is 2. The molecule has 4 aromatic rings. The highest BCUT2D eigenvalue weighted by atomic mass is 32.1. The molecule has 0 radical (unpaired) electrons. The number of nitrogens with zero attached hydrogens (tertiary/aromatic N) is 3. The number of likely N-dealkylation sites (tertiary alicyclic amines) is 1. The number of alkyl halides is 2. The maximum absolute atomic E-state index is 13.5. The van der Waals surface area contributed by atoms with Gasteiger partial charge in [0.1, 0.15) is 5.52 Å². The third-order valence-electron chi connectivity index (χ3n) is 5.84. The third kappa shape index (κ3) is 3.15. The smallest absolute Gasteiger partial charge is 0.262 e. The summed E-state index contributed by atoms with van der Waals surface area (Å²) in [6.07, 6.45) is -0.0614. The molecule has 3 aromatic heterocycles. The Kier molecular flexibility index (Phi) is 4.52. The van der Waals surface area contributed by atoms with Crippen molar-refractivity contribution in [1.29, 1.82) is 0 Å². The number of aromatic nitrogens is 3. The van der Waals surface area contributed by atoms with Crippen molar-refractivity contribution in [3.05, 3.63) is 51.3 Å². The van der Waals surface area contributed by atoms with Crippen molar-refractivity contribution < 1.29 is 8.78 Å². The molecule has 0 atom stereocenters. The van der Waals surface area contributed by atoms with Crippen molar-refractivity contribution in [2.45, 2.75) is 39.3 Å². The molecule has 1 N–H and O–H groups in total. The number of thiophene rings is 1. The van der Waals surface area contributed by atoms with Gasteiger partial charge in [-0.3, -0.25) is 14.8 Å².